The van der Waals surface area contributed by atoms with Gasteiger partial charge in [-0.2, -0.15) is 0 Å². The number of amides is 2. The quantitative estimate of drug-likeness (QED) is 0.786. The molecule has 0 aliphatic heterocycles. The third-order valence-corrected chi connectivity index (χ3v) is 2.54. The first-order chi connectivity index (χ1) is 8.85. The smallest absolute Gasteiger partial charge is 0.267 e. The number of aromatic nitrogens is 1. The van der Waals surface area contributed by atoms with Crippen molar-refractivity contribution >= 4 is 11.8 Å². The summed E-state index contributed by atoms with van der Waals surface area (Å²) in [5, 5.41) is 2.79. The number of nitrogens with zero attached hydrogens (tertiary/aromatic N) is 1. The molecule has 1 heterocycles. The highest BCUT2D eigenvalue weighted by Gasteiger charge is 2.19. The first-order valence-electron chi connectivity index (χ1n) is 5.89. The van der Waals surface area contributed by atoms with E-state index >= 15 is 0 Å². The van der Waals surface area contributed by atoms with Gasteiger partial charge >= 0.3 is 0 Å². The molecule has 2 amide bonds. The molecule has 0 bridgehead atoms. The molecule has 0 unspecified atom stereocenters. The molecule has 0 fully saturated rings. The van der Waals surface area contributed by atoms with Crippen molar-refractivity contribution in [3.8, 4) is 0 Å². The van der Waals surface area contributed by atoms with Gasteiger partial charge in [0, 0.05) is 30.8 Å². The second-order valence-electron chi connectivity index (χ2n) is 5.07. The summed E-state index contributed by atoms with van der Waals surface area (Å²) >= 11 is 0. The number of primary amides is 1. The molecule has 6 nitrogen and oxygen atoms in total. The number of hydrogen-bond donors (Lipinski definition) is 2. The maximum absolute atomic E-state index is 11.9. The topological polar surface area (TPSA) is 94.3 Å². The van der Waals surface area contributed by atoms with Crippen LogP contribution >= 0.6 is 0 Å². The van der Waals surface area contributed by atoms with E-state index in [0.29, 0.717) is 18.7 Å². The summed E-state index contributed by atoms with van der Waals surface area (Å²) in [6.07, 6.45) is 1.38. The van der Waals surface area contributed by atoms with Gasteiger partial charge in [0.25, 0.3) is 11.8 Å². The Morgan fingerprint density at radius 1 is 1.47 bits per heavy atom. The molecule has 0 aliphatic carbocycles. The van der Waals surface area contributed by atoms with E-state index in [9.17, 15) is 9.59 Å². The van der Waals surface area contributed by atoms with E-state index in [2.05, 4.69) is 10.3 Å². The van der Waals surface area contributed by atoms with Gasteiger partial charge in [-0.1, -0.05) is 13.8 Å². The van der Waals surface area contributed by atoms with Crippen LogP contribution in [0, 0.1) is 5.41 Å². The predicted molar refractivity (Wildman–Crippen MR) is 70.7 cm³/mol. The molecule has 0 radical (unpaired) electrons. The lowest BCUT2D eigenvalue weighted by Crippen LogP contribution is -2.36. The third-order valence-electron chi connectivity index (χ3n) is 2.54. The van der Waals surface area contributed by atoms with Gasteiger partial charge in [0.2, 0.25) is 0 Å². The van der Waals surface area contributed by atoms with Crippen molar-refractivity contribution in [1.29, 1.82) is 0 Å². The van der Waals surface area contributed by atoms with E-state index in [1.807, 2.05) is 13.8 Å². The summed E-state index contributed by atoms with van der Waals surface area (Å²) in [7, 11) is 1.62. The summed E-state index contributed by atoms with van der Waals surface area (Å²) < 4.78 is 5.07. The second kappa shape index (κ2) is 6.29. The normalized spacial score (nSPS) is 11.1. The van der Waals surface area contributed by atoms with Crippen molar-refractivity contribution in [3.63, 3.8) is 0 Å². The molecule has 1 rings (SSSR count). The average molecular weight is 265 g/mol. The Balaban J connectivity index is 2.68. The van der Waals surface area contributed by atoms with Crippen molar-refractivity contribution in [2.45, 2.75) is 13.8 Å². The van der Waals surface area contributed by atoms with Crippen molar-refractivity contribution in [2.75, 3.05) is 20.3 Å². The zero-order valence-corrected chi connectivity index (χ0v) is 11.4. The Labute approximate surface area is 112 Å². The Kier molecular flexibility index (Phi) is 5.00. The van der Waals surface area contributed by atoms with Gasteiger partial charge in [-0.05, 0) is 12.1 Å². The lowest BCUT2D eigenvalue weighted by Gasteiger charge is -2.23. The molecular weight excluding hydrogens is 246 g/mol. The zero-order valence-electron chi connectivity index (χ0n) is 11.4. The van der Waals surface area contributed by atoms with Crippen LogP contribution in [0.5, 0.6) is 0 Å². The predicted octanol–water partition coefficient (Wildman–Crippen LogP) is 0.583. The largest absolute Gasteiger partial charge is 0.384 e. The molecular formula is C13H19N3O3. The van der Waals surface area contributed by atoms with E-state index in [4.69, 9.17) is 10.5 Å². The number of nitrogens with one attached hydrogen (secondary N) is 1. The lowest BCUT2D eigenvalue weighted by atomic mass is 9.95. The Morgan fingerprint density at radius 3 is 2.74 bits per heavy atom. The minimum absolute atomic E-state index is 0.0730. The third kappa shape index (κ3) is 4.67. The molecule has 0 spiro atoms. The van der Waals surface area contributed by atoms with Gasteiger partial charge in [-0.25, -0.2) is 0 Å². The van der Waals surface area contributed by atoms with E-state index < -0.39 is 5.91 Å². The molecule has 0 aliphatic rings. The molecule has 0 atom stereocenters. The van der Waals surface area contributed by atoms with Crippen molar-refractivity contribution in [2.24, 2.45) is 11.1 Å². The van der Waals surface area contributed by atoms with Gasteiger partial charge in [0.1, 0.15) is 5.69 Å². The van der Waals surface area contributed by atoms with E-state index in [-0.39, 0.29) is 17.0 Å². The summed E-state index contributed by atoms with van der Waals surface area (Å²) in [6, 6.07) is 2.91. The van der Waals surface area contributed by atoms with Gasteiger partial charge < -0.3 is 15.8 Å². The minimum Gasteiger partial charge on any atom is -0.384 e. The van der Waals surface area contributed by atoms with Crippen LogP contribution in [0.3, 0.4) is 0 Å². The lowest BCUT2D eigenvalue weighted by molar-refractivity contribution is 0.0846. The number of carbonyl (C=O) groups excluding carboxylic acids is 2. The number of hydrogen-bond acceptors (Lipinski definition) is 4. The molecule has 1 aromatic rings. The maximum Gasteiger partial charge on any atom is 0.267 e. The SMILES string of the molecule is COCC(C)(C)CNC(=O)c1ccnc(C(N)=O)c1. The Hall–Kier alpha value is -1.95. The number of rotatable bonds is 6. The first-order valence-corrected chi connectivity index (χ1v) is 5.89. The number of ether oxygens (including phenoxy) is 1. The van der Waals surface area contributed by atoms with Crippen molar-refractivity contribution in [1.82, 2.24) is 10.3 Å². The summed E-state index contributed by atoms with van der Waals surface area (Å²) in [5.41, 5.74) is 5.38. The molecule has 0 saturated heterocycles. The van der Waals surface area contributed by atoms with Crippen molar-refractivity contribution < 1.29 is 14.3 Å². The van der Waals surface area contributed by atoms with Crippen LogP contribution in [0.1, 0.15) is 34.7 Å². The summed E-state index contributed by atoms with van der Waals surface area (Å²) in [6.45, 7) is 4.97. The Bertz CT molecular complexity index is 472. The fourth-order valence-corrected chi connectivity index (χ4v) is 1.57. The minimum atomic E-state index is -0.658. The van der Waals surface area contributed by atoms with Crippen LogP contribution in [0.15, 0.2) is 18.3 Å². The van der Waals surface area contributed by atoms with E-state index in [0.717, 1.165) is 0 Å². The molecule has 6 heteroatoms. The van der Waals surface area contributed by atoms with Crippen molar-refractivity contribution in [3.05, 3.63) is 29.6 Å². The van der Waals surface area contributed by atoms with Gasteiger partial charge in [0.15, 0.2) is 0 Å². The standard InChI is InChI=1S/C13H19N3O3/c1-13(2,8-19-3)7-16-12(18)9-4-5-15-10(6-9)11(14)17/h4-6H,7-8H2,1-3H3,(H2,14,17)(H,16,18). The first kappa shape index (κ1) is 15.1. The number of nitrogens with two attached hydrogens (primary N) is 1. The molecule has 1 aromatic heterocycles. The number of methoxy groups -OCH3 is 1. The van der Waals surface area contributed by atoms with Gasteiger partial charge in [-0.3, -0.25) is 14.6 Å². The second-order valence-corrected chi connectivity index (χ2v) is 5.07. The molecule has 0 aromatic carbocycles. The fraction of sp³-hybridized carbons (Fsp3) is 0.462. The Morgan fingerprint density at radius 2 is 2.16 bits per heavy atom. The molecule has 104 valence electrons. The van der Waals surface area contributed by atoms with Crippen LogP contribution < -0.4 is 11.1 Å². The van der Waals surface area contributed by atoms with E-state index in [1.165, 1.54) is 18.3 Å². The number of pyridine rings is 1. The summed E-state index contributed by atoms with van der Waals surface area (Å²) in [4.78, 5) is 26.7. The van der Waals surface area contributed by atoms with Crippen LogP contribution in [-0.4, -0.2) is 37.1 Å². The molecule has 0 saturated carbocycles. The fourth-order valence-electron chi connectivity index (χ4n) is 1.57. The van der Waals surface area contributed by atoms with Crippen LogP contribution in [-0.2, 0) is 4.74 Å². The molecule has 3 N–H and O–H groups in total. The van der Waals surface area contributed by atoms with Gasteiger partial charge in [-0.15, -0.1) is 0 Å². The highest BCUT2D eigenvalue weighted by Crippen LogP contribution is 2.13. The van der Waals surface area contributed by atoms with Crippen LogP contribution in [0.2, 0.25) is 0 Å². The monoisotopic (exact) mass is 265 g/mol. The highest BCUT2D eigenvalue weighted by molar-refractivity contribution is 5.97. The maximum atomic E-state index is 11.9. The van der Waals surface area contributed by atoms with Gasteiger partial charge in [0.05, 0.1) is 6.61 Å². The van der Waals surface area contributed by atoms with Crippen LogP contribution in [0.4, 0.5) is 0 Å². The van der Waals surface area contributed by atoms with E-state index in [1.54, 1.807) is 7.11 Å². The van der Waals surface area contributed by atoms with Crippen LogP contribution in [0.25, 0.3) is 0 Å². The highest BCUT2D eigenvalue weighted by atomic mass is 16.5. The molecule has 19 heavy (non-hydrogen) atoms. The summed E-state index contributed by atoms with van der Waals surface area (Å²) in [5.74, 6) is -0.927. The average Bonchev–Trinajstić information content (AvgIpc) is 2.36. The number of carbonyl (C=O) groups is 2. The zero-order chi connectivity index (χ0) is 14.5.